The lowest BCUT2D eigenvalue weighted by Gasteiger charge is -2.21. The third-order valence-electron chi connectivity index (χ3n) is 6.66. The summed E-state index contributed by atoms with van der Waals surface area (Å²) in [6, 6.07) is 20.3. The highest BCUT2D eigenvalue weighted by Gasteiger charge is 2.29. The third-order valence-corrected chi connectivity index (χ3v) is 6.66. The Morgan fingerprint density at radius 2 is 1.70 bits per heavy atom. The molecule has 8 nitrogen and oxygen atoms in total. The Morgan fingerprint density at radius 3 is 2.32 bits per heavy atom. The van der Waals surface area contributed by atoms with E-state index >= 15 is 0 Å². The number of pyridine rings is 1. The number of rotatable bonds is 4. The van der Waals surface area contributed by atoms with E-state index in [1.54, 1.807) is 41.4 Å². The van der Waals surface area contributed by atoms with Crippen LogP contribution in [0.25, 0.3) is 21.8 Å². The van der Waals surface area contributed by atoms with Gasteiger partial charge in [-0.1, -0.05) is 38.1 Å². The standard InChI is InChI=1S/C21H18N4O2.C11H14O2.C2H6.CH3Cl/c1-22-13-8-12-9-17(24-20(12)23-11-13)21(27)25-7-6-15-14-4-2-3-5-16(14)19(26)10-18(15)25;1-11(2,3)13-10-6-4-9(8-12)5-7-10;2*1-2/h2-5,8-11,22,26H,6-7H2,1H3,(H,23,24);4-8H,1-3H3;1-2H3;1H3. The van der Waals surface area contributed by atoms with Crippen molar-refractivity contribution in [2.75, 3.05) is 30.2 Å². The monoisotopic (exact) mass is 616 g/mol. The van der Waals surface area contributed by atoms with Gasteiger partial charge in [0, 0.05) is 42.4 Å². The predicted molar refractivity (Wildman–Crippen MR) is 182 cm³/mol. The average molecular weight is 617 g/mol. The van der Waals surface area contributed by atoms with Crippen molar-refractivity contribution in [1.82, 2.24) is 9.97 Å². The van der Waals surface area contributed by atoms with Gasteiger partial charge < -0.3 is 25.0 Å². The molecule has 0 spiro atoms. The number of hydrogen-bond acceptors (Lipinski definition) is 6. The van der Waals surface area contributed by atoms with Crippen LogP contribution in [0.4, 0.5) is 11.4 Å². The molecule has 5 aromatic rings. The molecular formula is C35H41ClN4O4. The highest BCUT2D eigenvalue weighted by molar-refractivity contribution is 6.15. The minimum absolute atomic E-state index is 0.118. The number of nitrogens with zero attached hydrogens (tertiary/aromatic N) is 2. The summed E-state index contributed by atoms with van der Waals surface area (Å²) in [5.41, 5.74) is 4.42. The lowest BCUT2D eigenvalue weighted by molar-refractivity contribution is 0.0985. The van der Waals surface area contributed by atoms with Crippen molar-refractivity contribution < 1.29 is 19.4 Å². The van der Waals surface area contributed by atoms with Gasteiger partial charge in [0.25, 0.3) is 5.91 Å². The van der Waals surface area contributed by atoms with Crippen LogP contribution >= 0.6 is 11.6 Å². The number of fused-ring (bicyclic) bond motifs is 4. The predicted octanol–water partition coefficient (Wildman–Crippen LogP) is 8.22. The van der Waals surface area contributed by atoms with Gasteiger partial charge >= 0.3 is 0 Å². The van der Waals surface area contributed by atoms with Crippen molar-refractivity contribution in [3.8, 4) is 11.5 Å². The van der Waals surface area contributed by atoms with Gasteiger partial charge in [0.05, 0.1) is 17.6 Å². The number of ether oxygens (including phenoxy) is 1. The summed E-state index contributed by atoms with van der Waals surface area (Å²) < 4.78 is 5.59. The maximum Gasteiger partial charge on any atom is 0.274 e. The van der Waals surface area contributed by atoms with E-state index in [-0.39, 0.29) is 17.3 Å². The van der Waals surface area contributed by atoms with Crippen LogP contribution in [-0.4, -0.2) is 52.8 Å². The lowest BCUT2D eigenvalue weighted by Crippen LogP contribution is -2.29. The summed E-state index contributed by atoms with van der Waals surface area (Å²) in [6.45, 7) is 10.5. The number of alkyl halides is 1. The molecule has 9 heteroatoms. The van der Waals surface area contributed by atoms with E-state index in [1.165, 1.54) is 6.38 Å². The molecule has 0 atom stereocenters. The van der Waals surface area contributed by atoms with Crippen LogP contribution in [-0.2, 0) is 6.42 Å². The molecule has 44 heavy (non-hydrogen) atoms. The summed E-state index contributed by atoms with van der Waals surface area (Å²) in [4.78, 5) is 32.7. The molecule has 0 saturated heterocycles. The molecule has 3 heterocycles. The van der Waals surface area contributed by atoms with Crippen LogP contribution in [0.2, 0.25) is 0 Å². The lowest BCUT2D eigenvalue weighted by atomic mass is 10.0. The van der Waals surface area contributed by atoms with Crippen LogP contribution in [0, 0.1) is 0 Å². The third kappa shape index (κ3) is 7.88. The van der Waals surface area contributed by atoms with Gasteiger partial charge in [0.15, 0.2) is 0 Å². The zero-order valence-corrected chi connectivity index (χ0v) is 27.1. The number of anilines is 2. The van der Waals surface area contributed by atoms with Crippen LogP contribution in [0.15, 0.2) is 72.9 Å². The van der Waals surface area contributed by atoms with Crippen molar-refractivity contribution in [2.24, 2.45) is 0 Å². The van der Waals surface area contributed by atoms with Crippen molar-refractivity contribution in [3.63, 3.8) is 0 Å². The van der Waals surface area contributed by atoms with E-state index in [2.05, 4.69) is 26.9 Å². The summed E-state index contributed by atoms with van der Waals surface area (Å²) in [6.07, 6.45) is 4.79. The van der Waals surface area contributed by atoms with Gasteiger partial charge in [-0.25, -0.2) is 4.98 Å². The number of benzene rings is 3. The topological polar surface area (TPSA) is 108 Å². The molecule has 3 aromatic carbocycles. The van der Waals surface area contributed by atoms with E-state index < -0.39 is 0 Å². The number of H-pyrrole nitrogens is 1. The van der Waals surface area contributed by atoms with Crippen LogP contribution in [0.1, 0.15) is 61.0 Å². The largest absolute Gasteiger partial charge is 0.507 e. The molecule has 6 rings (SSSR count). The molecule has 1 amide bonds. The van der Waals surface area contributed by atoms with Crippen molar-refractivity contribution in [1.29, 1.82) is 0 Å². The zero-order chi connectivity index (χ0) is 32.4. The molecule has 0 unspecified atom stereocenters. The van der Waals surface area contributed by atoms with Gasteiger partial charge in [-0.15, -0.1) is 11.6 Å². The summed E-state index contributed by atoms with van der Waals surface area (Å²) >= 11 is 4.64. The van der Waals surface area contributed by atoms with Gasteiger partial charge in [-0.2, -0.15) is 0 Å². The number of carbonyl (C=O) groups is 2. The Kier molecular flexibility index (Phi) is 11.8. The first-order valence-corrected chi connectivity index (χ1v) is 15.3. The van der Waals surface area contributed by atoms with Crippen molar-refractivity contribution in [2.45, 2.75) is 46.6 Å². The van der Waals surface area contributed by atoms with Crippen molar-refractivity contribution >= 4 is 57.0 Å². The first kappa shape index (κ1) is 33.9. The molecule has 0 saturated carbocycles. The number of aromatic nitrogens is 2. The molecular weight excluding hydrogens is 576 g/mol. The van der Waals surface area contributed by atoms with E-state index in [0.29, 0.717) is 23.4 Å². The quantitative estimate of drug-likeness (QED) is 0.139. The highest BCUT2D eigenvalue weighted by Crippen LogP contribution is 2.40. The minimum Gasteiger partial charge on any atom is -0.507 e. The number of carbonyl (C=O) groups excluding carboxylic acids is 2. The van der Waals surface area contributed by atoms with Crippen LogP contribution in [0.5, 0.6) is 11.5 Å². The minimum atomic E-state index is -0.192. The second-order valence-electron chi connectivity index (χ2n) is 10.6. The Hall–Kier alpha value is -4.56. The highest BCUT2D eigenvalue weighted by atomic mass is 35.5. The van der Waals surface area contributed by atoms with E-state index in [4.69, 9.17) is 4.74 Å². The van der Waals surface area contributed by atoms with Gasteiger partial charge in [0.2, 0.25) is 0 Å². The summed E-state index contributed by atoms with van der Waals surface area (Å²) in [7, 11) is 1.83. The summed E-state index contributed by atoms with van der Waals surface area (Å²) in [5, 5.41) is 16.2. The zero-order valence-electron chi connectivity index (χ0n) is 26.4. The first-order chi connectivity index (χ1) is 21.2. The number of phenols is 1. The normalized spacial score (nSPS) is 11.7. The molecule has 0 radical (unpaired) electrons. The molecule has 0 bridgehead atoms. The Bertz CT molecular complexity index is 1710. The van der Waals surface area contributed by atoms with E-state index in [9.17, 15) is 14.7 Å². The maximum absolute atomic E-state index is 13.2. The fourth-order valence-electron chi connectivity index (χ4n) is 4.84. The van der Waals surface area contributed by atoms with E-state index in [1.807, 2.05) is 78.1 Å². The number of aromatic hydroxyl groups is 1. The smallest absolute Gasteiger partial charge is 0.274 e. The second kappa shape index (κ2) is 15.3. The number of hydrogen-bond donors (Lipinski definition) is 3. The molecule has 3 N–H and O–H groups in total. The fraction of sp³-hybridized carbons (Fsp3) is 0.286. The van der Waals surface area contributed by atoms with Gasteiger partial charge in [0.1, 0.15) is 34.7 Å². The summed E-state index contributed by atoms with van der Waals surface area (Å²) in [5.74, 6) is 0.867. The second-order valence-corrected chi connectivity index (χ2v) is 10.6. The van der Waals surface area contributed by atoms with Crippen LogP contribution in [0.3, 0.4) is 0 Å². The van der Waals surface area contributed by atoms with Gasteiger partial charge in [-0.05, 0) is 74.5 Å². The average Bonchev–Trinajstić information content (AvgIpc) is 3.67. The number of halogens is 1. The number of phenolic OH excluding ortho intramolecular Hbond substituents is 1. The molecule has 0 aliphatic carbocycles. The Balaban J connectivity index is 0.000000263. The molecule has 232 valence electrons. The SMILES string of the molecule is CC.CC(C)(C)Oc1ccc(C=O)cc1.CCl.CNc1cnc2[nH]c(C(=O)N3CCc4c3cc(O)c3ccccc43)cc2c1. The first-order valence-electron chi connectivity index (χ1n) is 14.5. The number of aromatic amines is 1. The maximum atomic E-state index is 13.2. The van der Waals surface area contributed by atoms with E-state index in [0.717, 1.165) is 51.6 Å². The molecule has 2 aromatic heterocycles. The fourth-order valence-corrected chi connectivity index (χ4v) is 4.84. The Labute approximate surface area is 264 Å². The number of amides is 1. The van der Waals surface area contributed by atoms with Crippen LogP contribution < -0.4 is 15.0 Å². The number of nitrogens with one attached hydrogen (secondary N) is 2. The molecule has 1 aliphatic heterocycles. The number of aldehydes is 1. The van der Waals surface area contributed by atoms with Gasteiger partial charge in [-0.3, -0.25) is 9.59 Å². The molecule has 0 fully saturated rings. The molecule has 1 aliphatic rings. The van der Waals surface area contributed by atoms with Crippen molar-refractivity contribution in [3.05, 3.63) is 89.7 Å². The Morgan fingerprint density at radius 1 is 1.05 bits per heavy atom.